The quantitative estimate of drug-likeness (QED) is 0.583. The van der Waals surface area contributed by atoms with Gasteiger partial charge >= 0.3 is 0 Å². The van der Waals surface area contributed by atoms with Gasteiger partial charge in [0, 0.05) is 5.02 Å². The third-order valence-electron chi connectivity index (χ3n) is 3.94. The number of nitrogens with zero attached hydrogens (tertiary/aromatic N) is 1. The van der Waals surface area contributed by atoms with Gasteiger partial charge in [0.15, 0.2) is 0 Å². The lowest BCUT2D eigenvalue weighted by Crippen LogP contribution is -2.31. The fourth-order valence-corrected chi connectivity index (χ4v) is 3.20. The van der Waals surface area contributed by atoms with E-state index in [1.54, 1.807) is 24.3 Å². The Morgan fingerprint density at radius 3 is 2.74 bits per heavy atom. The number of benzene rings is 1. The number of amides is 2. The summed E-state index contributed by atoms with van der Waals surface area (Å²) in [6, 6.07) is 6.89. The van der Waals surface area contributed by atoms with Crippen LogP contribution in [0.3, 0.4) is 0 Å². The molecule has 0 N–H and O–H groups in total. The Kier molecular flexibility index (Phi) is 2.94. The molecule has 3 atom stereocenters. The van der Waals surface area contributed by atoms with Crippen LogP contribution < -0.4 is 4.90 Å². The van der Waals surface area contributed by atoms with Gasteiger partial charge < -0.3 is 0 Å². The fraction of sp³-hybridized carbons (Fsp3) is 0.333. The average Bonchev–Trinajstić information content (AvgIpc) is 2.63. The van der Waals surface area contributed by atoms with Crippen LogP contribution in [0.2, 0.25) is 5.02 Å². The van der Waals surface area contributed by atoms with Crippen molar-refractivity contribution in [2.24, 2.45) is 17.8 Å². The lowest BCUT2D eigenvalue weighted by atomic mass is 9.78. The maximum Gasteiger partial charge on any atom is 0.238 e. The van der Waals surface area contributed by atoms with E-state index in [4.69, 9.17) is 11.6 Å². The summed E-state index contributed by atoms with van der Waals surface area (Å²) < 4.78 is 0. The van der Waals surface area contributed by atoms with Crippen LogP contribution in [0.1, 0.15) is 13.3 Å². The second-order valence-electron chi connectivity index (χ2n) is 5.15. The monoisotopic (exact) mass is 275 g/mol. The van der Waals surface area contributed by atoms with E-state index in [1.807, 2.05) is 19.1 Å². The molecule has 1 aromatic rings. The van der Waals surface area contributed by atoms with Gasteiger partial charge in [0.25, 0.3) is 0 Å². The minimum Gasteiger partial charge on any atom is -0.274 e. The maximum absolute atomic E-state index is 12.5. The van der Waals surface area contributed by atoms with Crippen molar-refractivity contribution in [2.45, 2.75) is 13.3 Å². The summed E-state index contributed by atoms with van der Waals surface area (Å²) in [6.07, 6.45) is 4.67. The second-order valence-corrected chi connectivity index (χ2v) is 5.58. The van der Waals surface area contributed by atoms with E-state index in [2.05, 4.69) is 0 Å². The molecule has 1 aliphatic carbocycles. The lowest BCUT2D eigenvalue weighted by molar-refractivity contribution is -0.122. The van der Waals surface area contributed by atoms with Gasteiger partial charge in [0.05, 0.1) is 17.5 Å². The minimum absolute atomic E-state index is 0.103. The van der Waals surface area contributed by atoms with Gasteiger partial charge in [-0.3, -0.25) is 9.59 Å². The van der Waals surface area contributed by atoms with Gasteiger partial charge in [-0.05, 0) is 30.5 Å². The van der Waals surface area contributed by atoms with E-state index in [0.29, 0.717) is 17.1 Å². The SMILES string of the molecule is C[C@@H]1C=CC[C@H]2C(=O)N(c3cccc(Cl)c3)C(=O)[C@H]12. The zero-order valence-corrected chi connectivity index (χ0v) is 11.3. The maximum atomic E-state index is 12.5. The van der Waals surface area contributed by atoms with Crippen LogP contribution in [0.15, 0.2) is 36.4 Å². The number of carbonyl (C=O) groups is 2. The Morgan fingerprint density at radius 2 is 2.05 bits per heavy atom. The molecule has 19 heavy (non-hydrogen) atoms. The number of hydrogen-bond donors (Lipinski definition) is 0. The predicted molar refractivity (Wildman–Crippen MR) is 73.8 cm³/mol. The molecular weight excluding hydrogens is 262 g/mol. The van der Waals surface area contributed by atoms with Crippen molar-refractivity contribution in [3.63, 3.8) is 0 Å². The Morgan fingerprint density at radius 1 is 1.26 bits per heavy atom. The van der Waals surface area contributed by atoms with E-state index in [9.17, 15) is 9.59 Å². The molecule has 0 saturated carbocycles. The highest BCUT2D eigenvalue weighted by atomic mass is 35.5. The third kappa shape index (κ3) is 1.89. The smallest absolute Gasteiger partial charge is 0.238 e. The molecule has 0 unspecified atom stereocenters. The van der Waals surface area contributed by atoms with Crippen LogP contribution in [0, 0.1) is 17.8 Å². The predicted octanol–water partition coefficient (Wildman–Crippen LogP) is 3.04. The highest BCUT2D eigenvalue weighted by Crippen LogP contribution is 2.40. The Hall–Kier alpha value is -1.61. The van der Waals surface area contributed by atoms with Gasteiger partial charge in [0.2, 0.25) is 11.8 Å². The highest BCUT2D eigenvalue weighted by Gasteiger charge is 2.50. The van der Waals surface area contributed by atoms with Gasteiger partial charge in [-0.15, -0.1) is 0 Å². The Bertz CT molecular complexity index is 581. The van der Waals surface area contributed by atoms with Crippen molar-refractivity contribution >= 4 is 29.1 Å². The molecule has 0 aromatic heterocycles. The summed E-state index contributed by atoms with van der Waals surface area (Å²) in [5.41, 5.74) is 0.573. The number of rotatable bonds is 1. The third-order valence-corrected chi connectivity index (χ3v) is 4.17. The van der Waals surface area contributed by atoms with Gasteiger partial charge in [0.1, 0.15) is 0 Å². The van der Waals surface area contributed by atoms with Crippen molar-refractivity contribution in [1.82, 2.24) is 0 Å². The molecule has 3 rings (SSSR count). The fourth-order valence-electron chi connectivity index (χ4n) is 3.02. The first-order chi connectivity index (χ1) is 9.09. The zero-order chi connectivity index (χ0) is 13.6. The molecule has 1 fully saturated rings. The number of carbonyl (C=O) groups excluding carboxylic acids is 2. The van der Waals surface area contributed by atoms with Crippen molar-refractivity contribution in [1.29, 1.82) is 0 Å². The van der Waals surface area contributed by atoms with Crippen molar-refractivity contribution < 1.29 is 9.59 Å². The average molecular weight is 276 g/mol. The number of fused-ring (bicyclic) bond motifs is 1. The molecule has 1 saturated heterocycles. The van der Waals surface area contributed by atoms with Gasteiger partial charge in [-0.1, -0.05) is 36.7 Å². The first kappa shape index (κ1) is 12.4. The van der Waals surface area contributed by atoms with Crippen LogP contribution in [0.5, 0.6) is 0 Å². The topological polar surface area (TPSA) is 37.4 Å². The number of anilines is 1. The molecule has 2 aliphatic rings. The molecule has 3 nitrogen and oxygen atoms in total. The van der Waals surface area contributed by atoms with E-state index in [1.165, 1.54) is 4.90 Å². The van der Waals surface area contributed by atoms with Crippen LogP contribution >= 0.6 is 11.6 Å². The highest BCUT2D eigenvalue weighted by molar-refractivity contribution is 6.31. The lowest BCUT2D eigenvalue weighted by Gasteiger charge is -2.22. The van der Waals surface area contributed by atoms with E-state index in [-0.39, 0.29) is 29.6 Å². The summed E-state index contributed by atoms with van der Waals surface area (Å²) in [6.45, 7) is 1.99. The summed E-state index contributed by atoms with van der Waals surface area (Å²) in [4.78, 5) is 26.2. The largest absolute Gasteiger partial charge is 0.274 e. The molecule has 1 heterocycles. The summed E-state index contributed by atoms with van der Waals surface area (Å²) in [5.74, 6) is -0.537. The minimum atomic E-state index is -0.225. The molecule has 4 heteroatoms. The second kappa shape index (κ2) is 4.49. The number of hydrogen-bond acceptors (Lipinski definition) is 2. The Labute approximate surface area is 116 Å². The summed E-state index contributed by atoms with van der Waals surface area (Å²) in [7, 11) is 0. The Balaban J connectivity index is 2.01. The molecular formula is C15H14ClNO2. The number of imide groups is 1. The van der Waals surface area contributed by atoms with Gasteiger partial charge in [-0.2, -0.15) is 0 Å². The molecule has 98 valence electrons. The first-order valence-electron chi connectivity index (χ1n) is 6.39. The van der Waals surface area contributed by atoms with Crippen molar-refractivity contribution in [2.75, 3.05) is 4.90 Å². The van der Waals surface area contributed by atoms with Crippen molar-refractivity contribution in [3.8, 4) is 0 Å². The van der Waals surface area contributed by atoms with Gasteiger partial charge in [-0.25, -0.2) is 4.90 Å². The molecule has 1 aliphatic heterocycles. The van der Waals surface area contributed by atoms with Crippen LogP contribution in [0.4, 0.5) is 5.69 Å². The zero-order valence-electron chi connectivity index (χ0n) is 10.5. The standard InChI is InChI=1S/C15H14ClNO2/c1-9-4-2-7-12-13(9)15(19)17(14(12)18)11-6-3-5-10(16)8-11/h2-6,8-9,12-13H,7H2,1H3/t9-,12-,13-/m1/s1. The molecule has 0 radical (unpaired) electrons. The molecule has 1 aromatic carbocycles. The molecule has 0 spiro atoms. The van der Waals surface area contributed by atoms with Crippen molar-refractivity contribution in [3.05, 3.63) is 41.4 Å². The first-order valence-corrected chi connectivity index (χ1v) is 6.77. The van der Waals surface area contributed by atoms with Crippen LogP contribution in [-0.2, 0) is 9.59 Å². The number of halogens is 1. The normalized spacial score (nSPS) is 29.8. The van der Waals surface area contributed by atoms with E-state index >= 15 is 0 Å². The van der Waals surface area contributed by atoms with Crippen LogP contribution in [-0.4, -0.2) is 11.8 Å². The van der Waals surface area contributed by atoms with E-state index < -0.39 is 0 Å². The molecule has 0 bridgehead atoms. The molecule has 2 amide bonds. The summed E-state index contributed by atoms with van der Waals surface area (Å²) >= 11 is 5.94. The van der Waals surface area contributed by atoms with Crippen LogP contribution in [0.25, 0.3) is 0 Å². The van der Waals surface area contributed by atoms with E-state index in [0.717, 1.165) is 0 Å². The summed E-state index contributed by atoms with van der Waals surface area (Å²) in [5, 5.41) is 0.527. The number of allylic oxidation sites excluding steroid dienone is 2.